The number of hydrogen-bond acceptors (Lipinski definition) is 1. The van der Waals surface area contributed by atoms with Crippen molar-refractivity contribution >= 4 is 23.3 Å². The zero-order valence-electron chi connectivity index (χ0n) is 8.05. The fourth-order valence-electron chi connectivity index (χ4n) is 1.53. The maximum absolute atomic E-state index is 12.7. The molecule has 1 heterocycles. The second-order valence-corrected chi connectivity index (χ2v) is 3.45. The lowest BCUT2D eigenvalue weighted by molar-refractivity contribution is 0.501. The van der Waals surface area contributed by atoms with Gasteiger partial charge >= 0.3 is 6.98 Å². The normalized spacial score (nSPS) is 12.0. The van der Waals surface area contributed by atoms with Gasteiger partial charge in [0.1, 0.15) is 0 Å². The maximum atomic E-state index is 12.7. The summed E-state index contributed by atoms with van der Waals surface area (Å²) < 4.78 is 38.0. The van der Waals surface area contributed by atoms with E-state index in [0.717, 1.165) is 6.07 Å². The monoisotopic (exact) mass is 210 g/mol. The highest BCUT2D eigenvalue weighted by atomic mass is 19.4. The molecule has 1 aromatic heterocycles. The van der Waals surface area contributed by atoms with Crippen LogP contribution in [0.4, 0.5) is 12.9 Å². The predicted octanol–water partition coefficient (Wildman–Crippen LogP) is 2.60. The van der Waals surface area contributed by atoms with Crippen molar-refractivity contribution in [3.05, 3.63) is 36.0 Å². The van der Waals surface area contributed by atoms with Crippen LogP contribution in [0.25, 0.3) is 10.9 Å². The largest absolute Gasteiger partial charge is 0.511 e. The molecule has 0 fully saturated rings. The highest BCUT2D eigenvalue weighted by Gasteiger charge is 2.27. The molecular formula is C10H8BF3N-. The van der Waals surface area contributed by atoms with E-state index >= 15 is 0 Å². The average molecular weight is 210 g/mol. The van der Waals surface area contributed by atoms with Gasteiger partial charge in [0.05, 0.1) is 0 Å². The van der Waals surface area contributed by atoms with Crippen LogP contribution in [-0.2, 0) is 0 Å². The van der Waals surface area contributed by atoms with Gasteiger partial charge in [0, 0.05) is 11.2 Å². The van der Waals surface area contributed by atoms with Crippen molar-refractivity contribution in [2.45, 2.75) is 6.92 Å². The first-order chi connectivity index (χ1) is 6.98. The third-order valence-electron chi connectivity index (χ3n) is 2.24. The van der Waals surface area contributed by atoms with Crippen molar-refractivity contribution in [1.82, 2.24) is 4.98 Å². The first-order valence-corrected chi connectivity index (χ1v) is 4.55. The lowest BCUT2D eigenvalue weighted by Crippen LogP contribution is -2.35. The summed E-state index contributed by atoms with van der Waals surface area (Å²) in [7, 11) is 0. The molecule has 0 spiro atoms. The van der Waals surface area contributed by atoms with E-state index in [4.69, 9.17) is 0 Å². The average Bonchev–Trinajstić information content (AvgIpc) is 2.15. The van der Waals surface area contributed by atoms with Gasteiger partial charge in [-0.1, -0.05) is 29.7 Å². The number of rotatable bonds is 1. The van der Waals surface area contributed by atoms with Gasteiger partial charge < -0.3 is 12.9 Å². The van der Waals surface area contributed by atoms with Crippen LogP contribution in [0.15, 0.2) is 30.3 Å². The summed E-state index contributed by atoms with van der Waals surface area (Å²) in [5.41, 5.74) is 0.0243. The molecule has 0 saturated heterocycles. The molecule has 0 unspecified atom stereocenters. The fourth-order valence-corrected chi connectivity index (χ4v) is 1.53. The van der Waals surface area contributed by atoms with E-state index in [1.165, 1.54) is 6.07 Å². The maximum Gasteiger partial charge on any atom is 0.511 e. The Bertz CT molecular complexity index is 507. The molecule has 78 valence electrons. The predicted molar refractivity (Wildman–Crippen MR) is 55.2 cm³/mol. The van der Waals surface area contributed by atoms with E-state index in [1.54, 1.807) is 25.1 Å². The molecule has 0 aliphatic rings. The van der Waals surface area contributed by atoms with Gasteiger partial charge in [-0.3, -0.25) is 4.98 Å². The molecule has 0 N–H and O–H groups in total. The standard InChI is InChI=1S/C10H8BF3N/c1-7-5-6-8-3-2-4-9(10(8)15-7)11(12,13)14/h2-6H,1H3/q-1. The van der Waals surface area contributed by atoms with Gasteiger partial charge in [0.15, 0.2) is 0 Å². The molecule has 0 aliphatic heterocycles. The Morgan fingerprint density at radius 2 is 1.80 bits per heavy atom. The molecule has 0 radical (unpaired) electrons. The number of fused-ring (bicyclic) bond motifs is 1. The molecule has 0 atom stereocenters. The highest BCUT2D eigenvalue weighted by Crippen LogP contribution is 2.17. The first-order valence-electron chi connectivity index (χ1n) is 4.55. The fraction of sp³-hybridized carbons (Fsp3) is 0.100. The smallest absolute Gasteiger partial charge is 0.445 e. The summed E-state index contributed by atoms with van der Waals surface area (Å²) in [4.78, 5) is 3.94. The van der Waals surface area contributed by atoms with E-state index < -0.39 is 12.4 Å². The number of nitrogens with zero attached hydrogens (tertiary/aromatic N) is 1. The first kappa shape index (κ1) is 10.0. The summed E-state index contributed by atoms with van der Waals surface area (Å²) in [6.07, 6.45) is 0. The van der Waals surface area contributed by atoms with Crippen LogP contribution in [0.3, 0.4) is 0 Å². The number of benzene rings is 1. The zero-order valence-corrected chi connectivity index (χ0v) is 8.05. The molecule has 15 heavy (non-hydrogen) atoms. The van der Waals surface area contributed by atoms with Gasteiger partial charge in [-0.15, -0.1) is 0 Å². The minimum atomic E-state index is -4.99. The minimum absolute atomic E-state index is 0.0463. The van der Waals surface area contributed by atoms with Crippen LogP contribution in [0.2, 0.25) is 0 Å². The Balaban J connectivity index is 2.80. The van der Waals surface area contributed by atoms with Gasteiger partial charge in [-0.05, 0) is 18.4 Å². The van der Waals surface area contributed by atoms with Gasteiger partial charge in [0.25, 0.3) is 0 Å². The van der Waals surface area contributed by atoms with Crippen molar-refractivity contribution in [2.24, 2.45) is 0 Å². The molecule has 0 saturated carbocycles. The number of pyridine rings is 1. The van der Waals surface area contributed by atoms with Crippen LogP contribution < -0.4 is 5.46 Å². The molecule has 1 nitrogen and oxygen atoms in total. The van der Waals surface area contributed by atoms with Crippen LogP contribution >= 0.6 is 0 Å². The number of aromatic nitrogens is 1. The molecule has 2 aromatic rings. The van der Waals surface area contributed by atoms with E-state index in [2.05, 4.69) is 4.98 Å². The minimum Gasteiger partial charge on any atom is -0.445 e. The van der Waals surface area contributed by atoms with Gasteiger partial charge in [0.2, 0.25) is 0 Å². The van der Waals surface area contributed by atoms with E-state index in [9.17, 15) is 12.9 Å². The molecule has 0 amide bonds. The van der Waals surface area contributed by atoms with Crippen LogP contribution in [0, 0.1) is 6.92 Å². The van der Waals surface area contributed by atoms with E-state index in [1.807, 2.05) is 0 Å². The molecule has 5 heteroatoms. The van der Waals surface area contributed by atoms with Crippen molar-refractivity contribution in [2.75, 3.05) is 0 Å². The summed E-state index contributed by atoms with van der Waals surface area (Å²) in [5.74, 6) is 0. The van der Waals surface area contributed by atoms with Crippen LogP contribution in [0.5, 0.6) is 0 Å². The van der Waals surface area contributed by atoms with E-state index in [-0.39, 0.29) is 5.52 Å². The topological polar surface area (TPSA) is 12.9 Å². The third kappa shape index (κ3) is 1.82. The molecule has 0 aliphatic carbocycles. The summed E-state index contributed by atoms with van der Waals surface area (Å²) in [6.45, 7) is -3.31. The lowest BCUT2D eigenvalue weighted by atomic mass is 9.78. The van der Waals surface area contributed by atoms with Crippen LogP contribution in [0.1, 0.15) is 5.69 Å². The molecule has 0 bridgehead atoms. The molecular weight excluding hydrogens is 202 g/mol. The zero-order chi connectivity index (χ0) is 11.1. The second-order valence-electron chi connectivity index (χ2n) is 3.45. The Hall–Kier alpha value is -1.52. The lowest BCUT2D eigenvalue weighted by Gasteiger charge is -2.16. The van der Waals surface area contributed by atoms with Crippen molar-refractivity contribution in [3.8, 4) is 0 Å². The number of hydrogen-bond donors (Lipinski definition) is 0. The summed E-state index contributed by atoms with van der Waals surface area (Å²) in [5, 5.41) is 0.525. The number of aryl methyl sites for hydroxylation is 1. The number of halogens is 3. The van der Waals surface area contributed by atoms with Crippen molar-refractivity contribution in [1.29, 1.82) is 0 Å². The second kappa shape index (κ2) is 3.26. The Morgan fingerprint density at radius 3 is 2.47 bits per heavy atom. The Morgan fingerprint density at radius 1 is 1.07 bits per heavy atom. The van der Waals surface area contributed by atoms with Gasteiger partial charge in [-0.25, -0.2) is 0 Å². The van der Waals surface area contributed by atoms with Gasteiger partial charge in [-0.2, -0.15) is 0 Å². The SMILES string of the molecule is Cc1ccc2cccc([B-](F)(F)F)c2n1. The van der Waals surface area contributed by atoms with Crippen molar-refractivity contribution < 1.29 is 12.9 Å². The summed E-state index contributed by atoms with van der Waals surface area (Å²) >= 11 is 0. The Kier molecular flexibility index (Phi) is 2.18. The highest BCUT2D eigenvalue weighted by molar-refractivity contribution is 6.75. The molecule has 2 rings (SSSR count). The van der Waals surface area contributed by atoms with Crippen LogP contribution in [-0.4, -0.2) is 12.0 Å². The van der Waals surface area contributed by atoms with E-state index in [0.29, 0.717) is 11.1 Å². The third-order valence-corrected chi connectivity index (χ3v) is 2.24. The molecule has 1 aromatic carbocycles. The Labute approximate surface area is 85.0 Å². The summed E-state index contributed by atoms with van der Waals surface area (Å²) in [6, 6.07) is 7.48. The number of para-hydroxylation sites is 1. The quantitative estimate of drug-likeness (QED) is 0.659. The van der Waals surface area contributed by atoms with Crippen molar-refractivity contribution in [3.63, 3.8) is 0 Å².